The first-order valence-corrected chi connectivity index (χ1v) is 20.8. The lowest BCUT2D eigenvalue weighted by Crippen LogP contribution is -2.68. The molecule has 2 aliphatic heterocycles. The second-order valence-corrected chi connectivity index (χ2v) is 20.6. The van der Waals surface area contributed by atoms with Gasteiger partial charge in [0.2, 0.25) is 0 Å². The van der Waals surface area contributed by atoms with E-state index in [4.69, 9.17) is 18.9 Å². The van der Waals surface area contributed by atoms with E-state index in [1.807, 2.05) is 13.0 Å². The Morgan fingerprint density at radius 1 is 0.772 bits per heavy atom. The Balaban J connectivity index is 1.16. The lowest BCUT2D eigenvalue weighted by Gasteiger charge is -2.70. The number of carboxylic acids is 2. The normalized spacial score (nSPS) is 53.4. The molecular weight excluding hydrogens is 744 g/mol. The van der Waals surface area contributed by atoms with Crippen LogP contribution in [-0.4, -0.2) is 133 Å². The number of aliphatic hydroxyl groups is 6. The van der Waals surface area contributed by atoms with Crippen LogP contribution >= 0.6 is 0 Å². The van der Waals surface area contributed by atoms with Crippen LogP contribution in [0.3, 0.4) is 0 Å². The van der Waals surface area contributed by atoms with Gasteiger partial charge in [-0.3, -0.25) is 9.59 Å². The zero-order valence-corrected chi connectivity index (χ0v) is 34.2. The standard InChI is InChI=1S/C42H64O15/c1-37(2)23-8-11-42(7)32(21(44)16-19-20-17-39(4,36(52)53)13-12-38(20,3)14-15-41(19,42)6)40(23,5)10-9-24(37)55-35-31(27(47)25(45)22(18-43)54-35)57-34-29(49)26(46)28(48)30(56-34)33(50)51/h16,20,22-32,34-35,43,45-49H,8-15,17-18H2,1-7H3,(H,50,51)(H,52,53)/t20-,22+,23-,24-,25+,26-,27-,28-,29+,30-,31+,32+,34-,35-,38+,39-,40-,41+,42+/m0/s1. The molecule has 6 fully saturated rings. The molecule has 7 rings (SSSR count). The van der Waals surface area contributed by atoms with Gasteiger partial charge in [0.05, 0.1) is 18.1 Å². The minimum absolute atomic E-state index is 0.00433. The van der Waals surface area contributed by atoms with E-state index in [9.17, 15) is 55.2 Å². The first kappa shape index (κ1) is 43.1. The van der Waals surface area contributed by atoms with Crippen molar-refractivity contribution >= 4 is 17.7 Å². The number of carbonyl (C=O) groups excluding carboxylic acids is 1. The molecule has 7 aliphatic rings. The topological polar surface area (TPSA) is 250 Å². The molecule has 2 heterocycles. The Morgan fingerprint density at radius 3 is 2.07 bits per heavy atom. The predicted molar refractivity (Wildman–Crippen MR) is 199 cm³/mol. The first-order chi connectivity index (χ1) is 26.4. The van der Waals surface area contributed by atoms with Gasteiger partial charge in [-0.2, -0.15) is 0 Å². The van der Waals surface area contributed by atoms with Crippen molar-refractivity contribution in [3.05, 3.63) is 11.6 Å². The zero-order valence-electron chi connectivity index (χ0n) is 34.2. The van der Waals surface area contributed by atoms with Gasteiger partial charge in [-0.15, -0.1) is 0 Å². The Hall–Kier alpha value is -2.05. The van der Waals surface area contributed by atoms with Gasteiger partial charge in [-0.05, 0) is 110 Å². The van der Waals surface area contributed by atoms with E-state index in [1.165, 1.54) is 0 Å². The predicted octanol–water partition coefficient (Wildman–Crippen LogP) is 2.15. The number of allylic oxidation sites excluding steroid dienone is 2. The summed E-state index contributed by atoms with van der Waals surface area (Å²) in [6.45, 7) is 14.4. The molecule has 0 aromatic carbocycles. The summed E-state index contributed by atoms with van der Waals surface area (Å²) in [6.07, 6.45) is -9.70. The maximum atomic E-state index is 14.8. The SMILES string of the molecule is CC1(C)[C@@H](O[C@@H]2O[C@H](CO)[C@@H](O)[C@H](O)[C@H]2O[C@@H]2O[C@H](C(=O)O)[C@@H](O)[C@H](O)[C@H]2O)CC[C@]2(C)[C@H]3C(=O)C=C4[C@@H]5C[C@@](C)(C(=O)O)CC[C@]5(C)CC[C@@]4(C)[C@]3(C)CC[C@@H]12. The summed E-state index contributed by atoms with van der Waals surface area (Å²) in [5.74, 6) is -2.62. The summed E-state index contributed by atoms with van der Waals surface area (Å²) in [5, 5.41) is 83.3. The monoisotopic (exact) mass is 808 g/mol. The van der Waals surface area contributed by atoms with Gasteiger partial charge >= 0.3 is 11.9 Å². The van der Waals surface area contributed by atoms with Crippen LogP contribution in [0, 0.1) is 50.2 Å². The van der Waals surface area contributed by atoms with E-state index in [2.05, 4.69) is 41.5 Å². The number of hydrogen-bond donors (Lipinski definition) is 8. The number of hydrogen-bond acceptors (Lipinski definition) is 13. The van der Waals surface area contributed by atoms with Gasteiger partial charge in [0.15, 0.2) is 24.5 Å². The quantitative estimate of drug-likeness (QED) is 0.172. The third-order valence-electron chi connectivity index (χ3n) is 17.3. The molecule has 0 radical (unpaired) electrons. The number of ether oxygens (including phenoxy) is 4. The third-order valence-corrected chi connectivity index (χ3v) is 17.3. The maximum absolute atomic E-state index is 14.8. The number of aliphatic hydroxyl groups excluding tert-OH is 6. The number of aliphatic carboxylic acids is 2. The van der Waals surface area contributed by atoms with Crippen molar-refractivity contribution in [1.29, 1.82) is 0 Å². The maximum Gasteiger partial charge on any atom is 0.335 e. The zero-order chi connectivity index (χ0) is 42.0. The summed E-state index contributed by atoms with van der Waals surface area (Å²) >= 11 is 0. The van der Waals surface area contributed by atoms with E-state index in [0.29, 0.717) is 25.7 Å². The summed E-state index contributed by atoms with van der Waals surface area (Å²) in [7, 11) is 0. The summed E-state index contributed by atoms with van der Waals surface area (Å²) < 4.78 is 23.8. The number of carbonyl (C=O) groups is 3. The molecule has 0 bridgehead atoms. The number of carboxylic acid groups (broad SMARTS) is 2. The van der Waals surface area contributed by atoms with Gasteiger partial charge in [0.1, 0.15) is 42.7 Å². The fourth-order valence-corrected chi connectivity index (χ4v) is 13.4. The molecule has 5 aliphatic carbocycles. The molecule has 15 nitrogen and oxygen atoms in total. The minimum atomic E-state index is -1.98. The Labute approximate surface area is 333 Å². The smallest absolute Gasteiger partial charge is 0.335 e. The van der Waals surface area contributed by atoms with Gasteiger partial charge in [0.25, 0.3) is 0 Å². The molecule has 15 heteroatoms. The van der Waals surface area contributed by atoms with Gasteiger partial charge in [-0.1, -0.05) is 47.1 Å². The van der Waals surface area contributed by atoms with Gasteiger partial charge in [-0.25, -0.2) is 4.79 Å². The lowest BCUT2D eigenvalue weighted by atomic mass is 9.33. The van der Waals surface area contributed by atoms with Crippen molar-refractivity contribution in [1.82, 2.24) is 0 Å². The van der Waals surface area contributed by atoms with Crippen molar-refractivity contribution in [2.24, 2.45) is 50.2 Å². The molecule has 8 N–H and O–H groups in total. The molecule has 2 saturated heterocycles. The molecule has 19 atom stereocenters. The Bertz CT molecular complexity index is 1650. The average molecular weight is 809 g/mol. The highest BCUT2D eigenvalue weighted by molar-refractivity contribution is 5.95. The molecule has 4 saturated carbocycles. The van der Waals surface area contributed by atoms with Crippen molar-refractivity contribution < 1.29 is 74.2 Å². The van der Waals surface area contributed by atoms with Gasteiger partial charge in [0, 0.05) is 5.92 Å². The molecule has 0 amide bonds. The number of ketones is 1. The van der Waals surface area contributed by atoms with E-state index >= 15 is 0 Å². The molecule has 57 heavy (non-hydrogen) atoms. The van der Waals surface area contributed by atoms with E-state index in [-0.39, 0.29) is 39.8 Å². The number of fused-ring (bicyclic) bond motifs is 7. The van der Waals surface area contributed by atoms with E-state index < -0.39 is 102 Å². The van der Waals surface area contributed by atoms with Crippen LogP contribution in [0.15, 0.2) is 11.6 Å². The highest BCUT2D eigenvalue weighted by atomic mass is 16.8. The highest BCUT2D eigenvalue weighted by Crippen LogP contribution is 2.75. The molecule has 0 aromatic heterocycles. The van der Waals surface area contributed by atoms with Crippen LogP contribution in [0.5, 0.6) is 0 Å². The van der Waals surface area contributed by atoms with Crippen LogP contribution in [0.2, 0.25) is 0 Å². The van der Waals surface area contributed by atoms with Crippen LogP contribution in [0.25, 0.3) is 0 Å². The van der Waals surface area contributed by atoms with Crippen molar-refractivity contribution in [2.75, 3.05) is 6.61 Å². The summed E-state index contributed by atoms with van der Waals surface area (Å²) in [4.78, 5) is 39.1. The van der Waals surface area contributed by atoms with Crippen molar-refractivity contribution in [3.63, 3.8) is 0 Å². The summed E-state index contributed by atoms with van der Waals surface area (Å²) in [6, 6.07) is 0. The van der Waals surface area contributed by atoms with E-state index in [1.54, 1.807) is 0 Å². The highest BCUT2D eigenvalue weighted by Gasteiger charge is 2.71. The van der Waals surface area contributed by atoms with Crippen LogP contribution in [0.4, 0.5) is 0 Å². The molecule has 0 aromatic rings. The second kappa shape index (κ2) is 14.3. The second-order valence-electron chi connectivity index (χ2n) is 20.6. The lowest BCUT2D eigenvalue weighted by molar-refractivity contribution is -0.375. The summed E-state index contributed by atoms with van der Waals surface area (Å²) in [5.41, 5.74) is -1.51. The van der Waals surface area contributed by atoms with Crippen LogP contribution < -0.4 is 0 Å². The van der Waals surface area contributed by atoms with Crippen molar-refractivity contribution in [3.8, 4) is 0 Å². The molecular formula is C42H64O15. The van der Waals surface area contributed by atoms with Crippen LogP contribution in [0.1, 0.15) is 106 Å². The molecule has 0 unspecified atom stereocenters. The van der Waals surface area contributed by atoms with Gasteiger partial charge < -0.3 is 59.8 Å². The fourth-order valence-electron chi connectivity index (χ4n) is 13.4. The largest absolute Gasteiger partial charge is 0.481 e. The minimum Gasteiger partial charge on any atom is -0.481 e. The number of rotatable bonds is 7. The Kier molecular flexibility index (Phi) is 10.8. The third kappa shape index (κ3) is 6.31. The van der Waals surface area contributed by atoms with Crippen molar-refractivity contribution in [2.45, 2.75) is 174 Å². The molecule has 0 spiro atoms. The van der Waals surface area contributed by atoms with E-state index in [0.717, 1.165) is 37.7 Å². The average Bonchev–Trinajstić information content (AvgIpc) is 3.13. The first-order valence-electron chi connectivity index (χ1n) is 20.8. The fraction of sp³-hybridized carbons (Fsp3) is 0.881. The Morgan fingerprint density at radius 2 is 1.44 bits per heavy atom. The molecule has 322 valence electrons. The van der Waals surface area contributed by atoms with Crippen LogP contribution in [-0.2, 0) is 33.3 Å².